The normalized spacial score (nSPS) is 10.6. The molecule has 0 radical (unpaired) electrons. The van der Waals surface area contributed by atoms with Crippen LogP contribution < -0.4 is 10.1 Å². The number of ether oxygens (including phenoxy) is 1. The molecule has 0 aliphatic carbocycles. The lowest BCUT2D eigenvalue weighted by Gasteiger charge is -2.04. The minimum atomic E-state index is -0.586. The lowest BCUT2D eigenvalue weighted by molar-refractivity contribution is 0.367. The van der Waals surface area contributed by atoms with Gasteiger partial charge < -0.3 is 10.1 Å². The predicted octanol–water partition coefficient (Wildman–Crippen LogP) is 3.42. The van der Waals surface area contributed by atoms with Crippen LogP contribution in [0.15, 0.2) is 29.1 Å². The van der Waals surface area contributed by atoms with Crippen molar-refractivity contribution in [3.63, 3.8) is 0 Å². The van der Waals surface area contributed by atoms with Gasteiger partial charge in [-0.15, -0.1) is 22.7 Å². The summed E-state index contributed by atoms with van der Waals surface area (Å²) >= 11 is 3.24. The molecular weight excluding hydrogens is 311 g/mol. The lowest BCUT2D eigenvalue weighted by Crippen LogP contribution is -2.05. The van der Waals surface area contributed by atoms with Crippen LogP contribution >= 0.6 is 22.7 Å². The van der Waals surface area contributed by atoms with Crippen molar-refractivity contribution < 1.29 is 9.13 Å². The molecule has 0 aromatic carbocycles. The highest BCUT2D eigenvalue weighted by atomic mass is 32.1. The summed E-state index contributed by atoms with van der Waals surface area (Å²) in [5, 5.41) is 7.98. The molecule has 0 bridgehead atoms. The molecule has 0 amide bonds. The number of hydrogen-bond acceptors (Lipinski definition) is 7. The Kier molecular flexibility index (Phi) is 4.07. The van der Waals surface area contributed by atoms with Crippen molar-refractivity contribution in [2.75, 3.05) is 12.4 Å². The van der Waals surface area contributed by atoms with Crippen LogP contribution in [0.1, 0.15) is 5.69 Å². The molecule has 3 heterocycles. The number of nitrogens with one attached hydrogen (secondary N) is 1. The van der Waals surface area contributed by atoms with E-state index >= 15 is 0 Å². The Morgan fingerprint density at radius 3 is 3.00 bits per heavy atom. The monoisotopic (exact) mass is 322 g/mol. The first-order chi connectivity index (χ1) is 10.3. The molecule has 0 fully saturated rings. The first-order valence-corrected chi connectivity index (χ1v) is 7.81. The van der Waals surface area contributed by atoms with Crippen molar-refractivity contribution in [3.8, 4) is 15.8 Å². The van der Waals surface area contributed by atoms with E-state index in [1.807, 2.05) is 22.9 Å². The number of aromatic nitrogens is 3. The number of rotatable bonds is 5. The van der Waals surface area contributed by atoms with Crippen molar-refractivity contribution in [1.29, 1.82) is 0 Å². The molecule has 0 unspecified atom stereocenters. The van der Waals surface area contributed by atoms with Gasteiger partial charge in [-0.05, 0) is 11.4 Å². The highest BCUT2D eigenvalue weighted by Gasteiger charge is 2.08. The average molecular weight is 322 g/mol. The predicted molar refractivity (Wildman–Crippen MR) is 81.3 cm³/mol. The molecule has 0 saturated carbocycles. The van der Waals surface area contributed by atoms with Gasteiger partial charge in [-0.1, -0.05) is 6.07 Å². The van der Waals surface area contributed by atoms with Gasteiger partial charge in [-0.3, -0.25) is 0 Å². The lowest BCUT2D eigenvalue weighted by atomic mass is 10.4. The van der Waals surface area contributed by atoms with E-state index in [1.165, 1.54) is 7.11 Å². The number of nitrogens with zero attached hydrogens (tertiary/aromatic N) is 3. The van der Waals surface area contributed by atoms with E-state index in [-0.39, 0.29) is 5.88 Å². The van der Waals surface area contributed by atoms with E-state index in [1.54, 1.807) is 22.7 Å². The topological polar surface area (TPSA) is 59.9 Å². The van der Waals surface area contributed by atoms with E-state index in [0.717, 1.165) is 21.8 Å². The molecule has 0 aliphatic heterocycles. The number of thiazole rings is 1. The highest BCUT2D eigenvalue weighted by Crippen LogP contribution is 2.27. The molecule has 0 atom stereocenters. The maximum atomic E-state index is 13.2. The number of methoxy groups -OCH3 is 1. The molecule has 0 spiro atoms. The largest absolute Gasteiger partial charge is 0.479 e. The van der Waals surface area contributed by atoms with Gasteiger partial charge >= 0.3 is 0 Å². The Hall–Kier alpha value is -2.06. The second-order valence-electron chi connectivity index (χ2n) is 4.03. The number of hydrogen-bond donors (Lipinski definition) is 1. The van der Waals surface area contributed by atoms with E-state index < -0.39 is 5.82 Å². The summed E-state index contributed by atoms with van der Waals surface area (Å²) in [6.07, 6.45) is 1.08. The molecule has 1 N–H and O–H groups in total. The molecule has 21 heavy (non-hydrogen) atoms. The van der Waals surface area contributed by atoms with Crippen molar-refractivity contribution >= 4 is 28.6 Å². The molecular formula is C13H11FN4OS2. The Morgan fingerprint density at radius 2 is 2.24 bits per heavy atom. The zero-order valence-electron chi connectivity index (χ0n) is 11.0. The molecule has 3 aromatic rings. The van der Waals surface area contributed by atoms with Crippen LogP contribution in [0.5, 0.6) is 5.88 Å². The van der Waals surface area contributed by atoms with Gasteiger partial charge in [0, 0.05) is 5.38 Å². The summed E-state index contributed by atoms with van der Waals surface area (Å²) in [6, 6.07) is 4.03. The third-order valence-electron chi connectivity index (χ3n) is 2.62. The standard InChI is InChI=1S/C13H11FN4OS2/c1-19-11-9(14)6-16-13(18-11)15-5-8-7-21-12(17-8)10-3-2-4-20-10/h2-4,6-7H,5H2,1H3,(H,15,16,18). The Morgan fingerprint density at radius 1 is 1.33 bits per heavy atom. The molecule has 108 valence electrons. The summed E-state index contributed by atoms with van der Waals surface area (Å²) in [7, 11) is 1.36. The molecule has 8 heteroatoms. The molecule has 3 rings (SSSR count). The number of thiophene rings is 1. The first kappa shape index (κ1) is 13.9. The van der Waals surface area contributed by atoms with Crippen molar-refractivity contribution in [2.24, 2.45) is 0 Å². The maximum Gasteiger partial charge on any atom is 0.255 e. The van der Waals surface area contributed by atoms with Crippen molar-refractivity contribution in [2.45, 2.75) is 6.54 Å². The highest BCUT2D eigenvalue weighted by molar-refractivity contribution is 7.20. The molecule has 0 aliphatic rings. The van der Waals surface area contributed by atoms with Crippen LogP contribution in [-0.2, 0) is 6.54 Å². The van der Waals surface area contributed by atoms with Gasteiger partial charge in [0.1, 0.15) is 5.01 Å². The van der Waals surface area contributed by atoms with Gasteiger partial charge in [0.25, 0.3) is 5.88 Å². The quantitative estimate of drug-likeness (QED) is 0.780. The number of anilines is 1. The van der Waals surface area contributed by atoms with Crippen LogP contribution in [0.2, 0.25) is 0 Å². The summed E-state index contributed by atoms with van der Waals surface area (Å²) in [5.41, 5.74) is 0.885. The second-order valence-corrected chi connectivity index (χ2v) is 5.83. The fourth-order valence-electron chi connectivity index (χ4n) is 1.65. The van der Waals surface area contributed by atoms with E-state index in [2.05, 4.69) is 20.3 Å². The van der Waals surface area contributed by atoms with Gasteiger partial charge in [0.05, 0.1) is 30.4 Å². The van der Waals surface area contributed by atoms with Crippen LogP contribution in [0.25, 0.3) is 9.88 Å². The molecule has 5 nitrogen and oxygen atoms in total. The third kappa shape index (κ3) is 3.17. The first-order valence-electron chi connectivity index (χ1n) is 6.05. The minimum absolute atomic E-state index is 0.0787. The summed E-state index contributed by atoms with van der Waals surface area (Å²) in [6.45, 7) is 0.469. The van der Waals surface area contributed by atoms with Gasteiger partial charge in [-0.2, -0.15) is 9.37 Å². The third-order valence-corrected chi connectivity index (χ3v) is 4.55. The fourth-order valence-corrected chi connectivity index (χ4v) is 3.28. The fraction of sp³-hybridized carbons (Fsp3) is 0.154. The van der Waals surface area contributed by atoms with Gasteiger partial charge in [-0.25, -0.2) is 9.97 Å². The van der Waals surface area contributed by atoms with Gasteiger partial charge in [0.2, 0.25) is 11.8 Å². The van der Waals surface area contributed by atoms with Crippen molar-refractivity contribution in [3.05, 3.63) is 40.6 Å². The van der Waals surface area contributed by atoms with Crippen LogP contribution in [-0.4, -0.2) is 22.1 Å². The smallest absolute Gasteiger partial charge is 0.255 e. The van der Waals surface area contributed by atoms with Gasteiger partial charge in [0.15, 0.2) is 0 Å². The second kappa shape index (κ2) is 6.15. The zero-order chi connectivity index (χ0) is 14.7. The Balaban J connectivity index is 1.68. The van der Waals surface area contributed by atoms with Crippen LogP contribution in [0.3, 0.4) is 0 Å². The summed E-state index contributed by atoms with van der Waals surface area (Å²) < 4.78 is 18.0. The zero-order valence-corrected chi connectivity index (χ0v) is 12.7. The van der Waals surface area contributed by atoms with E-state index in [9.17, 15) is 4.39 Å². The summed E-state index contributed by atoms with van der Waals surface area (Å²) in [4.78, 5) is 13.5. The van der Waals surface area contributed by atoms with Crippen molar-refractivity contribution in [1.82, 2.24) is 15.0 Å². The summed E-state index contributed by atoms with van der Waals surface area (Å²) in [5.74, 6) is -0.360. The number of halogens is 1. The Bertz CT molecular complexity index is 730. The maximum absolute atomic E-state index is 13.2. The van der Waals surface area contributed by atoms with E-state index in [0.29, 0.717) is 12.5 Å². The minimum Gasteiger partial charge on any atom is -0.479 e. The molecule has 3 aromatic heterocycles. The van der Waals surface area contributed by atoms with E-state index in [4.69, 9.17) is 4.74 Å². The van der Waals surface area contributed by atoms with Crippen LogP contribution in [0, 0.1) is 5.82 Å². The Labute approximate surface area is 128 Å². The average Bonchev–Trinajstić information content (AvgIpc) is 3.17. The SMILES string of the molecule is COc1nc(NCc2csc(-c3cccs3)n2)ncc1F. The van der Waals surface area contributed by atoms with Crippen LogP contribution in [0.4, 0.5) is 10.3 Å². The molecule has 0 saturated heterocycles.